The van der Waals surface area contributed by atoms with Crippen molar-refractivity contribution in [3.63, 3.8) is 0 Å². The van der Waals surface area contributed by atoms with Gasteiger partial charge in [-0.05, 0) is 48.2 Å². The van der Waals surface area contributed by atoms with Gasteiger partial charge in [-0.25, -0.2) is 0 Å². The van der Waals surface area contributed by atoms with E-state index in [-0.39, 0.29) is 6.61 Å². The van der Waals surface area contributed by atoms with Gasteiger partial charge in [0.05, 0.1) is 6.61 Å². The highest BCUT2D eigenvalue weighted by Gasteiger charge is 2.52. The third-order valence-corrected chi connectivity index (χ3v) is 6.39. The molecule has 2 aromatic rings. The summed E-state index contributed by atoms with van der Waals surface area (Å²) in [4.78, 5) is 47.8. The molecule has 40 heavy (non-hydrogen) atoms. The molecule has 1 saturated heterocycles. The minimum absolute atomic E-state index is 0.305. The van der Waals surface area contributed by atoms with Crippen molar-refractivity contribution in [1.29, 1.82) is 0 Å². The predicted octanol–water partition coefficient (Wildman–Crippen LogP) is 4.13. The van der Waals surface area contributed by atoms with Crippen LogP contribution in [0.5, 0.6) is 5.75 Å². The summed E-state index contributed by atoms with van der Waals surface area (Å²) in [6.07, 6.45) is -5.23. The Bertz CT molecular complexity index is 1210. The molecule has 0 amide bonds. The molecule has 0 aromatic heterocycles. The first kappa shape index (κ1) is 30.9. The number of carbonyl (C=O) groups excluding carboxylic acids is 4. The maximum Gasteiger partial charge on any atom is 0.303 e. The van der Waals surface area contributed by atoms with Gasteiger partial charge in [-0.1, -0.05) is 35.9 Å². The number of rotatable bonds is 10. The van der Waals surface area contributed by atoms with Gasteiger partial charge in [0.25, 0.3) is 0 Å². The SMILES string of the molecule is CCOc1ccc(Cc2cc([C@H]3O[C@H](COC(C)=O)[C@@H](OC(C)=O)[C@H](OC(C)=O)[C@H]3OC(C)=O)ccc2Cl)cc1. The van der Waals surface area contributed by atoms with Gasteiger partial charge < -0.3 is 28.4 Å². The van der Waals surface area contributed by atoms with Crippen LogP contribution in [0.25, 0.3) is 0 Å². The standard InChI is InChI=1S/C29H33ClO10/c1-6-35-23-10-7-20(8-11-23)13-22-14-21(9-12-24(22)30)26-28(38-18(4)33)29(39-19(5)34)27(37-17(3)32)25(40-26)15-36-16(2)31/h7-12,14,25-29H,6,13,15H2,1-5H3/t25-,26-,27-,28+,29+/m1/s1. The lowest BCUT2D eigenvalue weighted by Crippen LogP contribution is -2.59. The van der Waals surface area contributed by atoms with Crippen molar-refractivity contribution in [2.24, 2.45) is 0 Å². The van der Waals surface area contributed by atoms with Crippen molar-refractivity contribution < 1.29 is 47.6 Å². The third kappa shape index (κ3) is 8.43. The largest absolute Gasteiger partial charge is 0.494 e. The van der Waals surface area contributed by atoms with E-state index in [0.717, 1.165) is 16.9 Å². The van der Waals surface area contributed by atoms with Gasteiger partial charge in [-0.2, -0.15) is 0 Å². The number of hydrogen-bond donors (Lipinski definition) is 0. The molecule has 1 heterocycles. The molecular formula is C29H33ClO10. The molecule has 1 aliphatic heterocycles. The summed E-state index contributed by atoms with van der Waals surface area (Å²) in [6, 6.07) is 12.8. The average molecular weight is 577 g/mol. The Hall–Kier alpha value is -3.63. The van der Waals surface area contributed by atoms with Gasteiger partial charge >= 0.3 is 23.9 Å². The Kier molecular flexibility index (Phi) is 10.9. The van der Waals surface area contributed by atoms with Crippen LogP contribution in [0.2, 0.25) is 5.02 Å². The zero-order valence-corrected chi connectivity index (χ0v) is 23.8. The van der Waals surface area contributed by atoms with Gasteiger partial charge in [0, 0.05) is 32.7 Å². The second-order valence-corrected chi connectivity index (χ2v) is 9.63. The van der Waals surface area contributed by atoms with Gasteiger partial charge in [0.2, 0.25) is 0 Å². The summed E-state index contributed by atoms with van der Waals surface area (Å²) in [5.41, 5.74) is 2.29. The summed E-state index contributed by atoms with van der Waals surface area (Å²) in [6.45, 7) is 6.94. The Labute approximate surface area is 237 Å². The second-order valence-electron chi connectivity index (χ2n) is 9.22. The monoisotopic (exact) mass is 576 g/mol. The molecule has 0 N–H and O–H groups in total. The highest BCUT2D eigenvalue weighted by Crippen LogP contribution is 2.39. The van der Waals surface area contributed by atoms with Crippen LogP contribution in [0, 0.1) is 0 Å². The summed E-state index contributed by atoms with van der Waals surface area (Å²) in [5, 5.41) is 0.503. The van der Waals surface area contributed by atoms with Crippen molar-refractivity contribution in [3.8, 4) is 5.75 Å². The van der Waals surface area contributed by atoms with Crippen molar-refractivity contribution in [1.82, 2.24) is 0 Å². The molecule has 0 saturated carbocycles. The van der Waals surface area contributed by atoms with E-state index in [1.807, 2.05) is 31.2 Å². The molecule has 11 heteroatoms. The third-order valence-electron chi connectivity index (χ3n) is 6.02. The molecular weight excluding hydrogens is 544 g/mol. The molecule has 3 rings (SSSR count). The topological polar surface area (TPSA) is 124 Å². The number of ether oxygens (including phenoxy) is 6. The zero-order chi connectivity index (χ0) is 29.4. The van der Waals surface area contributed by atoms with Gasteiger partial charge in [-0.15, -0.1) is 0 Å². The maximum absolute atomic E-state index is 12.2. The fourth-order valence-corrected chi connectivity index (χ4v) is 4.68. The molecule has 0 unspecified atom stereocenters. The zero-order valence-electron chi connectivity index (χ0n) is 23.0. The number of hydrogen-bond acceptors (Lipinski definition) is 10. The minimum Gasteiger partial charge on any atom is -0.494 e. The molecule has 0 bridgehead atoms. The summed E-state index contributed by atoms with van der Waals surface area (Å²) in [7, 11) is 0. The fraction of sp³-hybridized carbons (Fsp3) is 0.448. The maximum atomic E-state index is 12.2. The van der Waals surface area contributed by atoms with Crippen LogP contribution in [0.15, 0.2) is 42.5 Å². The van der Waals surface area contributed by atoms with Crippen LogP contribution >= 0.6 is 11.6 Å². The first-order valence-electron chi connectivity index (χ1n) is 12.8. The Balaban J connectivity index is 2.03. The lowest BCUT2D eigenvalue weighted by Gasteiger charge is -2.44. The van der Waals surface area contributed by atoms with Crippen molar-refractivity contribution in [3.05, 3.63) is 64.2 Å². The van der Waals surface area contributed by atoms with Crippen LogP contribution in [0.4, 0.5) is 0 Å². The molecule has 1 aliphatic rings. The van der Waals surface area contributed by atoms with E-state index in [4.69, 9.17) is 40.0 Å². The van der Waals surface area contributed by atoms with E-state index in [1.54, 1.807) is 18.2 Å². The lowest BCUT2D eigenvalue weighted by molar-refractivity contribution is -0.254. The van der Waals surface area contributed by atoms with E-state index in [2.05, 4.69) is 0 Å². The van der Waals surface area contributed by atoms with E-state index in [0.29, 0.717) is 23.6 Å². The number of carbonyl (C=O) groups is 4. The van der Waals surface area contributed by atoms with Crippen molar-refractivity contribution in [2.75, 3.05) is 13.2 Å². The van der Waals surface area contributed by atoms with Gasteiger partial charge in [0.15, 0.2) is 18.3 Å². The quantitative estimate of drug-likeness (QED) is 0.301. The Morgan fingerprint density at radius 3 is 1.98 bits per heavy atom. The summed E-state index contributed by atoms with van der Waals surface area (Å²) < 4.78 is 33.5. The van der Waals surface area contributed by atoms with Crippen LogP contribution in [0.3, 0.4) is 0 Å². The number of halogens is 1. The Morgan fingerprint density at radius 1 is 0.800 bits per heavy atom. The smallest absolute Gasteiger partial charge is 0.303 e. The van der Waals surface area contributed by atoms with Crippen molar-refractivity contribution in [2.45, 2.75) is 71.6 Å². The van der Waals surface area contributed by atoms with E-state index in [1.165, 1.54) is 27.7 Å². The molecule has 0 spiro atoms. The normalized spacial score (nSPS) is 22.1. The first-order chi connectivity index (χ1) is 19.0. The average Bonchev–Trinajstić information content (AvgIpc) is 2.87. The molecule has 0 radical (unpaired) electrons. The fourth-order valence-electron chi connectivity index (χ4n) is 4.49. The highest BCUT2D eigenvalue weighted by molar-refractivity contribution is 6.31. The van der Waals surface area contributed by atoms with Crippen LogP contribution in [-0.4, -0.2) is 61.5 Å². The summed E-state index contributed by atoms with van der Waals surface area (Å²) in [5.74, 6) is -1.89. The highest BCUT2D eigenvalue weighted by atomic mass is 35.5. The van der Waals surface area contributed by atoms with E-state index >= 15 is 0 Å². The lowest BCUT2D eigenvalue weighted by atomic mass is 9.89. The molecule has 0 aliphatic carbocycles. The minimum atomic E-state index is -1.25. The molecule has 10 nitrogen and oxygen atoms in total. The van der Waals surface area contributed by atoms with Gasteiger partial charge in [0.1, 0.15) is 24.6 Å². The van der Waals surface area contributed by atoms with Crippen LogP contribution < -0.4 is 4.74 Å². The second kappa shape index (κ2) is 14.1. The number of benzene rings is 2. The molecule has 2 aromatic carbocycles. The predicted molar refractivity (Wildman–Crippen MR) is 143 cm³/mol. The van der Waals surface area contributed by atoms with Crippen molar-refractivity contribution >= 4 is 35.5 Å². The van der Waals surface area contributed by atoms with Crippen LogP contribution in [0.1, 0.15) is 57.4 Å². The molecule has 1 fully saturated rings. The van der Waals surface area contributed by atoms with Gasteiger partial charge in [-0.3, -0.25) is 19.2 Å². The van der Waals surface area contributed by atoms with E-state index < -0.39 is 54.4 Å². The first-order valence-corrected chi connectivity index (χ1v) is 13.2. The summed E-state index contributed by atoms with van der Waals surface area (Å²) >= 11 is 6.54. The molecule has 5 atom stereocenters. The Morgan fingerprint density at radius 2 is 1.40 bits per heavy atom. The van der Waals surface area contributed by atoms with Crippen LogP contribution in [-0.2, 0) is 49.3 Å². The van der Waals surface area contributed by atoms with E-state index in [9.17, 15) is 19.2 Å². The number of esters is 4. The molecule has 216 valence electrons.